The van der Waals surface area contributed by atoms with E-state index in [-0.39, 0.29) is 38.0 Å². The van der Waals surface area contributed by atoms with Crippen molar-refractivity contribution in [1.82, 2.24) is 5.32 Å². The number of carboxylic acid groups (broad SMARTS) is 2. The first-order chi connectivity index (χ1) is 10.8. The maximum absolute atomic E-state index is 12.0. The standard InChI is InChI=1S/C13H22N2O7S/c14-8(13(21)22)1-3-11(18)15-9(7-23-6-5-16)10(17)2-4-12(19)20/h8-9,16H,1-7,14H2,(H,15,18)(H,19,20)(H,21,22)/t8-,9-/m0/s1. The highest BCUT2D eigenvalue weighted by Crippen LogP contribution is 2.07. The minimum atomic E-state index is -1.22. The molecule has 0 bridgehead atoms. The third kappa shape index (κ3) is 10.7. The second kappa shape index (κ2) is 11.9. The first-order valence-electron chi connectivity index (χ1n) is 6.98. The van der Waals surface area contributed by atoms with Crippen LogP contribution in [0.25, 0.3) is 0 Å². The summed E-state index contributed by atoms with van der Waals surface area (Å²) in [6.07, 6.45) is -0.768. The van der Waals surface area contributed by atoms with Gasteiger partial charge in [0.1, 0.15) is 6.04 Å². The van der Waals surface area contributed by atoms with Crippen LogP contribution >= 0.6 is 11.8 Å². The molecule has 10 heteroatoms. The highest BCUT2D eigenvalue weighted by molar-refractivity contribution is 7.99. The van der Waals surface area contributed by atoms with Crippen LogP contribution < -0.4 is 11.1 Å². The molecule has 0 aliphatic carbocycles. The van der Waals surface area contributed by atoms with E-state index in [1.54, 1.807) is 0 Å². The van der Waals surface area contributed by atoms with Gasteiger partial charge in [-0.1, -0.05) is 0 Å². The number of amides is 1. The molecule has 0 unspecified atom stereocenters. The molecule has 132 valence electrons. The molecule has 0 spiro atoms. The van der Waals surface area contributed by atoms with Gasteiger partial charge in [0.15, 0.2) is 5.78 Å². The lowest BCUT2D eigenvalue weighted by Crippen LogP contribution is -2.43. The molecule has 6 N–H and O–H groups in total. The zero-order chi connectivity index (χ0) is 17.8. The molecule has 0 saturated heterocycles. The lowest BCUT2D eigenvalue weighted by Gasteiger charge is -2.17. The Morgan fingerprint density at radius 2 is 1.74 bits per heavy atom. The number of hydrogen-bond donors (Lipinski definition) is 5. The van der Waals surface area contributed by atoms with Crippen LogP contribution in [0.3, 0.4) is 0 Å². The van der Waals surface area contributed by atoms with Gasteiger partial charge in [0.05, 0.1) is 19.1 Å². The van der Waals surface area contributed by atoms with E-state index in [4.69, 9.17) is 21.1 Å². The van der Waals surface area contributed by atoms with Crippen molar-refractivity contribution in [2.75, 3.05) is 18.1 Å². The number of carboxylic acids is 2. The minimum absolute atomic E-state index is 0.0685. The van der Waals surface area contributed by atoms with Crippen molar-refractivity contribution in [2.45, 2.75) is 37.8 Å². The average molecular weight is 350 g/mol. The van der Waals surface area contributed by atoms with Crippen molar-refractivity contribution < 1.29 is 34.5 Å². The van der Waals surface area contributed by atoms with Gasteiger partial charge in [-0.2, -0.15) is 11.8 Å². The molecule has 1 amide bonds. The summed E-state index contributed by atoms with van der Waals surface area (Å²) in [7, 11) is 0. The molecular weight excluding hydrogens is 328 g/mol. The number of aliphatic hydroxyl groups excluding tert-OH is 1. The molecule has 0 rings (SSSR count). The van der Waals surface area contributed by atoms with E-state index < -0.39 is 35.7 Å². The van der Waals surface area contributed by atoms with Crippen molar-refractivity contribution in [2.24, 2.45) is 5.73 Å². The topological polar surface area (TPSA) is 167 Å². The Bertz CT molecular complexity index is 431. The predicted molar refractivity (Wildman–Crippen MR) is 83.1 cm³/mol. The average Bonchev–Trinajstić information content (AvgIpc) is 2.49. The number of nitrogens with one attached hydrogen (secondary N) is 1. The van der Waals surface area contributed by atoms with Crippen molar-refractivity contribution in [3.8, 4) is 0 Å². The number of nitrogens with two attached hydrogens (primary N) is 1. The number of aliphatic hydroxyl groups is 1. The Labute approximate surface area is 137 Å². The van der Waals surface area contributed by atoms with Gasteiger partial charge < -0.3 is 26.4 Å². The number of thioether (sulfide) groups is 1. The second-order valence-electron chi connectivity index (χ2n) is 4.76. The normalized spacial score (nSPS) is 13.1. The van der Waals surface area contributed by atoms with Crippen LogP contribution in [0, 0.1) is 0 Å². The van der Waals surface area contributed by atoms with Gasteiger partial charge in [-0.3, -0.25) is 19.2 Å². The van der Waals surface area contributed by atoms with Crippen LogP contribution in [-0.4, -0.2) is 69.1 Å². The number of hydrogen-bond acceptors (Lipinski definition) is 7. The van der Waals surface area contributed by atoms with Gasteiger partial charge in [-0.15, -0.1) is 0 Å². The highest BCUT2D eigenvalue weighted by atomic mass is 32.2. The molecule has 0 aromatic heterocycles. The Morgan fingerprint density at radius 1 is 1.09 bits per heavy atom. The Kier molecular flexibility index (Phi) is 11.0. The third-order valence-corrected chi connectivity index (χ3v) is 3.87. The van der Waals surface area contributed by atoms with Crippen LogP contribution in [0.4, 0.5) is 0 Å². The van der Waals surface area contributed by atoms with Crippen LogP contribution in [-0.2, 0) is 19.2 Å². The molecule has 2 atom stereocenters. The van der Waals surface area contributed by atoms with E-state index >= 15 is 0 Å². The Balaban J connectivity index is 4.48. The number of aliphatic carboxylic acids is 2. The molecule has 9 nitrogen and oxygen atoms in total. The van der Waals surface area contributed by atoms with Crippen molar-refractivity contribution in [3.05, 3.63) is 0 Å². The van der Waals surface area contributed by atoms with E-state index in [1.165, 1.54) is 11.8 Å². The molecule has 0 fully saturated rings. The van der Waals surface area contributed by atoms with E-state index in [2.05, 4.69) is 5.32 Å². The molecule has 0 aliphatic heterocycles. The summed E-state index contributed by atoms with van der Waals surface area (Å²) in [6, 6.07) is -2.04. The van der Waals surface area contributed by atoms with Gasteiger partial charge in [-0.05, 0) is 6.42 Å². The number of Topliss-reactive ketones (excluding diaryl/α,β-unsaturated/α-hetero) is 1. The number of ketones is 1. The van der Waals surface area contributed by atoms with Gasteiger partial charge in [-0.25, -0.2) is 0 Å². The fourth-order valence-corrected chi connectivity index (χ4v) is 2.36. The fourth-order valence-electron chi connectivity index (χ4n) is 1.56. The Morgan fingerprint density at radius 3 is 2.26 bits per heavy atom. The van der Waals surface area contributed by atoms with Gasteiger partial charge in [0, 0.05) is 24.3 Å². The zero-order valence-electron chi connectivity index (χ0n) is 12.6. The predicted octanol–water partition coefficient (Wildman–Crippen LogP) is -1.18. The third-order valence-electron chi connectivity index (χ3n) is 2.83. The fraction of sp³-hybridized carbons (Fsp3) is 0.692. The lowest BCUT2D eigenvalue weighted by atomic mass is 10.1. The van der Waals surface area contributed by atoms with E-state index in [0.717, 1.165) is 0 Å². The minimum Gasteiger partial charge on any atom is -0.481 e. The number of rotatable bonds is 13. The molecule has 0 aromatic rings. The molecule has 0 aromatic carbocycles. The number of carbonyl (C=O) groups excluding carboxylic acids is 2. The van der Waals surface area contributed by atoms with E-state index in [1.807, 2.05) is 0 Å². The molecule has 0 aliphatic rings. The van der Waals surface area contributed by atoms with Crippen LogP contribution in [0.2, 0.25) is 0 Å². The maximum Gasteiger partial charge on any atom is 0.320 e. The van der Waals surface area contributed by atoms with E-state index in [9.17, 15) is 19.2 Å². The van der Waals surface area contributed by atoms with Gasteiger partial charge >= 0.3 is 11.9 Å². The summed E-state index contributed by atoms with van der Waals surface area (Å²) in [5, 5.41) is 28.4. The molecular formula is C13H22N2O7S. The monoisotopic (exact) mass is 350 g/mol. The summed E-state index contributed by atoms with van der Waals surface area (Å²) in [6.45, 7) is -0.0812. The highest BCUT2D eigenvalue weighted by Gasteiger charge is 2.22. The zero-order valence-corrected chi connectivity index (χ0v) is 13.4. The largest absolute Gasteiger partial charge is 0.481 e. The summed E-state index contributed by atoms with van der Waals surface area (Å²) in [5.41, 5.74) is 5.29. The molecule has 23 heavy (non-hydrogen) atoms. The van der Waals surface area contributed by atoms with Crippen LogP contribution in [0.5, 0.6) is 0 Å². The Hall–Kier alpha value is -1.65. The van der Waals surface area contributed by atoms with Gasteiger partial charge in [0.2, 0.25) is 5.91 Å². The summed E-state index contributed by atoms with van der Waals surface area (Å²) >= 11 is 1.24. The maximum atomic E-state index is 12.0. The summed E-state index contributed by atoms with van der Waals surface area (Å²) in [4.78, 5) is 44.8. The summed E-state index contributed by atoms with van der Waals surface area (Å²) in [5.74, 6) is -2.70. The molecule has 0 saturated carbocycles. The van der Waals surface area contributed by atoms with Gasteiger partial charge in [0.25, 0.3) is 0 Å². The van der Waals surface area contributed by atoms with Crippen LogP contribution in [0.1, 0.15) is 25.7 Å². The second-order valence-corrected chi connectivity index (χ2v) is 5.91. The van der Waals surface area contributed by atoms with Crippen LogP contribution in [0.15, 0.2) is 0 Å². The van der Waals surface area contributed by atoms with E-state index in [0.29, 0.717) is 5.75 Å². The molecule has 0 radical (unpaired) electrons. The van der Waals surface area contributed by atoms with Crippen molar-refractivity contribution in [3.63, 3.8) is 0 Å². The van der Waals surface area contributed by atoms with Crippen molar-refractivity contribution in [1.29, 1.82) is 0 Å². The summed E-state index contributed by atoms with van der Waals surface area (Å²) < 4.78 is 0. The lowest BCUT2D eigenvalue weighted by molar-refractivity contribution is -0.139. The number of carbonyl (C=O) groups is 4. The quantitative estimate of drug-likeness (QED) is 0.257. The molecule has 0 heterocycles. The smallest absolute Gasteiger partial charge is 0.320 e. The SMILES string of the molecule is N[C@@H](CCC(=O)N[C@@H](CSCCO)C(=O)CCC(=O)O)C(=O)O. The van der Waals surface area contributed by atoms with Crippen molar-refractivity contribution >= 4 is 35.4 Å². The first kappa shape index (κ1) is 21.4. The first-order valence-corrected chi connectivity index (χ1v) is 8.14.